The Labute approximate surface area is 116 Å². The van der Waals surface area contributed by atoms with Crippen LogP contribution in [0.1, 0.15) is 6.92 Å². The Morgan fingerprint density at radius 2 is 2.16 bits per heavy atom. The van der Waals surface area contributed by atoms with Crippen LogP contribution in [0.25, 0.3) is 11.4 Å². The van der Waals surface area contributed by atoms with Crippen LogP contribution in [0.2, 0.25) is 5.02 Å². The summed E-state index contributed by atoms with van der Waals surface area (Å²) in [7, 11) is -3.39. The number of imidazole rings is 1. The lowest BCUT2D eigenvalue weighted by molar-refractivity contribution is 0.340. The van der Waals surface area contributed by atoms with E-state index in [2.05, 4.69) is 4.98 Å². The van der Waals surface area contributed by atoms with Gasteiger partial charge in [0.1, 0.15) is 5.75 Å². The van der Waals surface area contributed by atoms with Crippen molar-refractivity contribution in [3.63, 3.8) is 0 Å². The number of halogens is 1. The first-order chi connectivity index (χ1) is 8.93. The number of hydrogen-bond acceptors (Lipinski definition) is 4. The number of benzene rings is 1. The monoisotopic (exact) mass is 300 g/mol. The SMILES string of the molecule is CCOc1ccc(-c2nccn2S(C)(=O)=O)cc1Cl. The maximum Gasteiger partial charge on any atom is 0.237 e. The highest BCUT2D eigenvalue weighted by Crippen LogP contribution is 2.30. The quantitative estimate of drug-likeness (QED) is 0.870. The van der Waals surface area contributed by atoms with Crippen LogP contribution >= 0.6 is 11.6 Å². The molecule has 0 aliphatic carbocycles. The molecular weight excluding hydrogens is 288 g/mol. The number of aromatic nitrogens is 2. The fraction of sp³-hybridized carbons (Fsp3) is 0.250. The van der Waals surface area contributed by atoms with Gasteiger partial charge in [0.05, 0.1) is 17.9 Å². The molecule has 1 aromatic heterocycles. The molecular formula is C12H13ClN2O3S. The Balaban J connectivity index is 2.49. The minimum absolute atomic E-state index is 0.326. The van der Waals surface area contributed by atoms with Gasteiger partial charge in [-0.2, -0.15) is 0 Å². The molecule has 0 unspecified atom stereocenters. The van der Waals surface area contributed by atoms with E-state index in [-0.39, 0.29) is 0 Å². The van der Waals surface area contributed by atoms with E-state index < -0.39 is 10.0 Å². The molecule has 0 aliphatic heterocycles. The van der Waals surface area contributed by atoms with Gasteiger partial charge in [0.15, 0.2) is 5.82 Å². The fourth-order valence-corrected chi connectivity index (χ4v) is 2.65. The van der Waals surface area contributed by atoms with Crippen molar-refractivity contribution in [2.75, 3.05) is 12.9 Å². The summed E-state index contributed by atoms with van der Waals surface area (Å²) in [4.78, 5) is 4.05. The molecule has 5 nitrogen and oxygen atoms in total. The molecule has 0 atom stereocenters. The van der Waals surface area contributed by atoms with Gasteiger partial charge >= 0.3 is 0 Å². The van der Waals surface area contributed by atoms with E-state index in [1.165, 1.54) is 12.4 Å². The predicted molar refractivity (Wildman–Crippen MR) is 74.1 cm³/mol. The predicted octanol–water partition coefficient (Wildman–Crippen LogP) is 2.41. The third-order valence-electron chi connectivity index (χ3n) is 2.45. The molecule has 7 heteroatoms. The third kappa shape index (κ3) is 2.90. The van der Waals surface area contributed by atoms with Gasteiger partial charge in [-0.1, -0.05) is 11.6 Å². The molecule has 0 fully saturated rings. The van der Waals surface area contributed by atoms with Crippen LogP contribution in [-0.4, -0.2) is 30.2 Å². The zero-order chi connectivity index (χ0) is 14.0. The van der Waals surface area contributed by atoms with Crippen molar-refractivity contribution in [2.24, 2.45) is 0 Å². The lowest BCUT2D eigenvalue weighted by Gasteiger charge is -2.09. The van der Waals surface area contributed by atoms with Gasteiger partial charge < -0.3 is 4.74 Å². The van der Waals surface area contributed by atoms with Crippen LogP contribution in [0.15, 0.2) is 30.6 Å². The molecule has 1 heterocycles. The van der Waals surface area contributed by atoms with Crippen LogP contribution in [0.5, 0.6) is 5.75 Å². The maximum absolute atomic E-state index is 11.6. The van der Waals surface area contributed by atoms with Crippen LogP contribution in [0, 0.1) is 0 Å². The van der Waals surface area contributed by atoms with Crippen LogP contribution in [0.3, 0.4) is 0 Å². The molecule has 2 rings (SSSR count). The van der Waals surface area contributed by atoms with Gasteiger partial charge in [-0.05, 0) is 25.1 Å². The zero-order valence-corrected chi connectivity index (χ0v) is 12.1. The number of ether oxygens (including phenoxy) is 1. The smallest absolute Gasteiger partial charge is 0.237 e. The van der Waals surface area contributed by atoms with E-state index in [4.69, 9.17) is 16.3 Å². The molecule has 0 spiro atoms. The van der Waals surface area contributed by atoms with E-state index >= 15 is 0 Å². The van der Waals surface area contributed by atoms with Crippen LogP contribution in [0.4, 0.5) is 0 Å². The Kier molecular flexibility index (Phi) is 3.82. The van der Waals surface area contributed by atoms with Crippen molar-refractivity contribution in [3.05, 3.63) is 35.6 Å². The molecule has 1 aromatic carbocycles. The molecule has 102 valence electrons. The van der Waals surface area contributed by atoms with Crippen molar-refractivity contribution >= 4 is 21.6 Å². The second kappa shape index (κ2) is 5.22. The maximum atomic E-state index is 11.6. The standard InChI is InChI=1S/C12H13ClN2O3S/c1-3-18-11-5-4-9(8-10(11)13)12-14-6-7-15(12)19(2,16)17/h4-8H,3H2,1-2H3. The van der Waals surface area contributed by atoms with Gasteiger partial charge in [-0.3, -0.25) is 0 Å². The van der Waals surface area contributed by atoms with Gasteiger partial charge in [0, 0.05) is 18.0 Å². The molecule has 2 aromatic rings. The van der Waals surface area contributed by atoms with E-state index in [0.29, 0.717) is 28.8 Å². The number of hydrogen-bond donors (Lipinski definition) is 0. The second-order valence-corrected chi connectivity index (χ2v) is 6.15. The van der Waals surface area contributed by atoms with Gasteiger partial charge in [-0.25, -0.2) is 17.4 Å². The van der Waals surface area contributed by atoms with Crippen molar-refractivity contribution in [1.29, 1.82) is 0 Å². The lowest BCUT2D eigenvalue weighted by Crippen LogP contribution is -2.10. The minimum atomic E-state index is -3.39. The van der Waals surface area contributed by atoms with Gasteiger partial charge in [0.25, 0.3) is 0 Å². The Bertz CT molecular complexity index is 695. The highest BCUT2D eigenvalue weighted by molar-refractivity contribution is 7.89. The summed E-state index contributed by atoms with van der Waals surface area (Å²) in [5.74, 6) is 0.887. The van der Waals surface area contributed by atoms with Crippen LogP contribution < -0.4 is 4.74 Å². The first kappa shape index (κ1) is 13.9. The number of nitrogens with zero attached hydrogens (tertiary/aromatic N) is 2. The highest BCUT2D eigenvalue weighted by Gasteiger charge is 2.14. The summed E-state index contributed by atoms with van der Waals surface area (Å²) < 4.78 is 29.7. The van der Waals surface area contributed by atoms with Crippen molar-refractivity contribution in [1.82, 2.24) is 8.96 Å². The summed E-state index contributed by atoms with van der Waals surface area (Å²) in [5, 5.41) is 0.419. The molecule has 19 heavy (non-hydrogen) atoms. The summed E-state index contributed by atoms with van der Waals surface area (Å²) in [6.07, 6.45) is 3.95. The van der Waals surface area contributed by atoms with Crippen molar-refractivity contribution in [2.45, 2.75) is 6.92 Å². The summed E-state index contributed by atoms with van der Waals surface area (Å²) in [5.41, 5.74) is 0.615. The largest absolute Gasteiger partial charge is 0.492 e. The van der Waals surface area contributed by atoms with Gasteiger partial charge in [0.2, 0.25) is 10.0 Å². The third-order valence-corrected chi connectivity index (χ3v) is 3.76. The average molecular weight is 301 g/mol. The molecule has 0 bridgehead atoms. The minimum Gasteiger partial charge on any atom is -0.492 e. The molecule has 0 radical (unpaired) electrons. The summed E-state index contributed by atoms with van der Waals surface area (Å²) >= 11 is 6.08. The topological polar surface area (TPSA) is 61.2 Å². The molecule has 0 saturated carbocycles. The normalized spacial score (nSPS) is 11.5. The van der Waals surface area contributed by atoms with E-state index in [1.807, 2.05) is 6.92 Å². The second-order valence-electron chi connectivity index (χ2n) is 3.89. The molecule has 0 aliphatic rings. The Morgan fingerprint density at radius 3 is 2.74 bits per heavy atom. The van der Waals surface area contributed by atoms with Crippen LogP contribution in [-0.2, 0) is 10.0 Å². The zero-order valence-electron chi connectivity index (χ0n) is 10.5. The average Bonchev–Trinajstić information content (AvgIpc) is 2.80. The van der Waals surface area contributed by atoms with Gasteiger partial charge in [-0.15, -0.1) is 0 Å². The first-order valence-electron chi connectivity index (χ1n) is 5.60. The van der Waals surface area contributed by atoms with E-state index in [1.54, 1.807) is 18.2 Å². The summed E-state index contributed by atoms with van der Waals surface area (Å²) in [6.45, 7) is 2.37. The van der Waals surface area contributed by atoms with Crippen molar-refractivity contribution in [3.8, 4) is 17.1 Å². The first-order valence-corrected chi connectivity index (χ1v) is 7.82. The fourth-order valence-electron chi connectivity index (χ4n) is 1.67. The Morgan fingerprint density at radius 1 is 1.42 bits per heavy atom. The van der Waals surface area contributed by atoms with Crippen molar-refractivity contribution < 1.29 is 13.2 Å². The lowest BCUT2D eigenvalue weighted by atomic mass is 10.2. The summed E-state index contributed by atoms with van der Waals surface area (Å²) in [6, 6.07) is 5.06. The highest BCUT2D eigenvalue weighted by atomic mass is 35.5. The molecule has 0 N–H and O–H groups in total. The number of rotatable bonds is 4. The molecule has 0 saturated heterocycles. The molecule has 0 amide bonds. The van der Waals surface area contributed by atoms with E-state index in [9.17, 15) is 8.42 Å². The Hall–Kier alpha value is -1.53. The van der Waals surface area contributed by atoms with E-state index in [0.717, 1.165) is 10.2 Å².